The van der Waals surface area contributed by atoms with Crippen molar-refractivity contribution in [3.63, 3.8) is 0 Å². The number of pyridine rings is 1. The van der Waals surface area contributed by atoms with Crippen LogP contribution in [-0.4, -0.2) is 22.5 Å². The summed E-state index contributed by atoms with van der Waals surface area (Å²) in [6.45, 7) is 0. The number of hydrogen-bond donors (Lipinski definition) is 0. The van der Waals surface area contributed by atoms with Crippen molar-refractivity contribution in [1.29, 1.82) is 0 Å². The zero-order valence-electron chi connectivity index (χ0n) is 9.01. The average molecular weight is 216 g/mol. The maximum absolute atomic E-state index is 11.6. The first-order valence-electron chi connectivity index (χ1n) is 5.35. The van der Waals surface area contributed by atoms with E-state index in [0.717, 1.165) is 11.3 Å². The highest BCUT2D eigenvalue weighted by molar-refractivity contribution is 5.96. The van der Waals surface area contributed by atoms with Gasteiger partial charge in [-0.25, -0.2) is 9.78 Å². The lowest BCUT2D eigenvalue weighted by Gasteiger charge is -2.03. The molecule has 4 nitrogen and oxygen atoms in total. The second kappa shape index (κ2) is 3.33. The van der Waals surface area contributed by atoms with Crippen molar-refractivity contribution in [2.75, 3.05) is 7.11 Å². The first-order valence-corrected chi connectivity index (χ1v) is 5.35. The largest absolute Gasteiger partial charge is 0.465 e. The van der Waals surface area contributed by atoms with Gasteiger partial charge in [-0.05, 0) is 25.0 Å². The summed E-state index contributed by atoms with van der Waals surface area (Å²) in [5.74, 6) is 1.31. The van der Waals surface area contributed by atoms with Crippen LogP contribution in [0, 0.1) is 0 Å². The molecule has 0 amide bonds. The number of carbonyl (C=O) groups excluding carboxylic acids is 1. The van der Waals surface area contributed by atoms with Gasteiger partial charge in [-0.15, -0.1) is 0 Å². The first-order chi connectivity index (χ1) is 7.81. The molecule has 0 aliphatic heterocycles. The number of aromatic nitrogens is 2. The van der Waals surface area contributed by atoms with Gasteiger partial charge in [0.05, 0.1) is 24.4 Å². The van der Waals surface area contributed by atoms with Crippen molar-refractivity contribution in [3.05, 3.63) is 35.9 Å². The Bertz CT molecular complexity index is 555. The van der Waals surface area contributed by atoms with Gasteiger partial charge in [0.2, 0.25) is 0 Å². The number of hydrogen-bond acceptors (Lipinski definition) is 3. The lowest BCUT2D eigenvalue weighted by atomic mass is 10.2. The summed E-state index contributed by atoms with van der Waals surface area (Å²) in [7, 11) is 1.39. The zero-order valence-corrected chi connectivity index (χ0v) is 9.01. The third-order valence-corrected chi connectivity index (χ3v) is 2.95. The van der Waals surface area contributed by atoms with Crippen molar-refractivity contribution < 1.29 is 9.53 Å². The van der Waals surface area contributed by atoms with Crippen LogP contribution < -0.4 is 0 Å². The van der Waals surface area contributed by atoms with Gasteiger partial charge in [0, 0.05) is 12.1 Å². The van der Waals surface area contributed by atoms with Crippen LogP contribution in [0.4, 0.5) is 0 Å². The van der Waals surface area contributed by atoms with E-state index in [-0.39, 0.29) is 5.97 Å². The smallest absolute Gasteiger partial charge is 0.340 e. The van der Waals surface area contributed by atoms with Crippen LogP contribution >= 0.6 is 0 Å². The summed E-state index contributed by atoms with van der Waals surface area (Å²) >= 11 is 0. The molecule has 0 spiro atoms. The number of carbonyl (C=O) groups is 1. The highest BCUT2D eigenvalue weighted by Gasteiger charge is 2.28. The maximum Gasteiger partial charge on any atom is 0.340 e. The molecular formula is C12H12N2O2. The van der Waals surface area contributed by atoms with Crippen LogP contribution in [0.15, 0.2) is 24.5 Å². The van der Waals surface area contributed by atoms with Gasteiger partial charge in [-0.3, -0.25) is 0 Å². The second-order valence-electron chi connectivity index (χ2n) is 4.06. The minimum absolute atomic E-state index is 0.312. The quantitative estimate of drug-likeness (QED) is 0.721. The molecule has 0 unspecified atom stereocenters. The van der Waals surface area contributed by atoms with Crippen LogP contribution in [0.2, 0.25) is 0 Å². The molecule has 0 saturated heterocycles. The summed E-state index contributed by atoms with van der Waals surface area (Å²) < 4.78 is 6.74. The van der Waals surface area contributed by atoms with Crippen LogP contribution in [0.1, 0.15) is 34.9 Å². The highest BCUT2D eigenvalue weighted by atomic mass is 16.5. The molecule has 4 heteroatoms. The standard InChI is InChI=1S/C12H12N2O2/c1-16-12(15)9-3-2-6-14-10(9)7-13-11(14)8-4-5-8/h2-3,6-8H,4-5H2,1H3. The Kier molecular flexibility index (Phi) is 1.96. The fraction of sp³-hybridized carbons (Fsp3) is 0.333. The number of nitrogens with zero attached hydrogens (tertiary/aromatic N) is 2. The van der Waals surface area contributed by atoms with Crippen molar-refractivity contribution in [1.82, 2.24) is 9.38 Å². The predicted molar refractivity (Wildman–Crippen MR) is 58.5 cm³/mol. The number of esters is 1. The molecular weight excluding hydrogens is 204 g/mol. The van der Waals surface area contributed by atoms with Gasteiger partial charge < -0.3 is 9.14 Å². The SMILES string of the molecule is COC(=O)c1cccn2c(C3CC3)ncc12. The predicted octanol–water partition coefficient (Wildman–Crippen LogP) is 2.00. The second-order valence-corrected chi connectivity index (χ2v) is 4.06. The van der Waals surface area contributed by atoms with Gasteiger partial charge >= 0.3 is 5.97 Å². The number of ether oxygens (including phenoxy) is 1. The lowest BCUT2D eigenvalue weighted by molar-refractivity contribution is 0.0602. The van der Waals surface area contributed by atoms with E-state index in [4.69, 9.17) is 4.74 Å². The molecule has 0 atom stereocenters. The summed E-state index contributed by atoms with van der Waals surface area (Å²) in [6, 6.07) is 3.62. The van der Waals surface area contributed by atoms with Crippen molar-refractivity contribution in [3.8, 4) is 0 Å². The van der Waals surface area contributed by atoms with E-state index in [1.165, 1.54) is 20.0 Å². The Balaban J connectivity index is 2.20. The van der Waals surface area contributed by atoms with Crippen molar-refractivity contribution >= 4 is 11.5 Å². The average Bonchev–Trinajstić information content (AvgIpc) is 3.07. The third kappa shape index (κ3) is 1.30. The molecule has 0 N–H and O–H groups in total. The maximum atomic E-state index is 11.6. The summed E-state index contributed by atoms with van der Waals surface area (Å²) in [5.41, 5.74) is 1.40. The molecule has 82 valence electrons. The van der Waals surface area contributed by atoms with E-state index >= 15 is 0 Å². The normalized spacial score (nSPS) is 15.3. The minimum atomic E-state index is -0.312. The Morgan fingerprint density at radius 2 is 2.38 bits per heavy atom. The Morgan fingerprint density at radius 1 is 1.56 bits per heavy atom. The van der Waals surface area contributed by atoms with Crippen LogP contribution in [0.25, 0.3) is 5.52 Å². The van der Waals surface area contributed by atoms with Crippen LogP contribution in [-0.2, 0) is 4.74 Å². The highest BCUT2D eigenvalue weighted by Crippen LogP contribution is 2.39. The minimum Gasteiger partial charge on any atom is -0.465 e. The molecule has 1 aliphatic carbocycles. The molecule has 1 aliphatic rings. The molecule has 1 saturated carbocycles. The number of rotatable bonds is 2. The van der Waals surface area contributed by atoms with E-state index in [1.54, 1.807) is 12.3 Å². The van der Waals surface area contributed by atoms with Crippen LogP contribution in [0.3, 0.4) is 0 Å². The molecule has 0 radical (unpaired) electrons. The van der Waals surface area contributed by atoms with Crippen LogP contribution in [0.5, 0.6) is 0 Å². The number of imidazole rings is 1. The van der Waals surface area contributed by atoms with E-state index in [9.17, 15) is 4.79 Å². The number of fused-ring (bicyclic) bond motifs is 1. The monoisotopic (exact) mass is 216 g/mol. The molecule has 3 rings (SSSR count). The summed E-state index contributed by atoms with van der Waals surface area (Å²) in [6.07, 6.45) is 6.09. The van der Waals surface area contributed by atoms with Gasteiger partial charge in [-0.1, -0.05) is 0 Å². The number of methoxy groups -OCH3 is 1. The molecule has 1 fully saturated rings. The molecule has 0 aromatic carbocycles. The Labute approximate surface area is 92.9 Å². The van der Waals surface area contributed by atoms with E-state index in [2.05, 4.69) is 4.98 Å². The van der Waals surface area contributed by atoms with Gasteiger partial charge in [-0.2, -0.15) is 0 Å². The molecule has 2 aromatic heterocycles. The van der Waals surface area contributed by atoms with Crippen molar-refractivity contribution in [2.45, 2.75) is 18.8 Å². The molecule has 2 aromatic rings. The van der Waals surface area contributed by atoms with E-state index in [1.807, 2.05) is 16.7 Å². The van der Waals surface area contributed by atoms with E-state index < -0.39 is 0 Å². The molecule has 16 heavy (non-hydrogen) atoms. The van der Waals surface area contributed by atoms with Gasteiger partial charge in [0.1, 0.15) is 5.82 Å². The third-order valence-electron chi connectivity index (χ3n) is 2.95. The Morgan fingerprint density at radius 3 is 3.06 bits per heavy atom. The van der Waals surface area contributed by atoms with Gasteiger partial charge in [0.15, 0.2) is 0 Å². The summed E-state index contributed by atoms with van der Waals surface area (Å²) in [4.78, 5) is 15.9. The zero-order chi connectivity index (χ0) is 11.1. The topological polar surface area (TPSA) is 43.6 Å². The summed E-state index contributed by atoms with van der Waals surface area (Å²) in [5, 5.41) is 0. The lowest BCUT2D eigenvalue weighted by Crippen LogP contribution is -2.04. The van der Waals surface area contributed by atoms with Crippen molar-refractivity contribution in [2.24, 2.45) is 0 Å². The first kappa shape index (κ1) is 9.39. The van der Waals surface area contributed by atoms with Gasteiger partial charge in [0.25, 0.3) is 0 Å². The Hall–Kier alpha value is -1.84. The molecule has 0 bridgehead atoms. The van der Waals surface area contributed by atoms with E-state index in [0.29, 0.717) is 11.5 Å². The molecule has 2 heterocycles. The fourth-order valence-corrected chi connectivity index (χ4v) is 1.97. The fourth-order valence-electron chi connectivity index (χ4n) is 1.97.